The van der Waals surface area contributed by atoms with E-state index in [4.69, 9.17) is 11.6 Å². The van der Waals surface area contributed by atoms with Gasteiger partial charge in [-0.05, 0) is 18.6 Å². The Balaban J connectivity index is 2.06. The number of aryl methyl sites for hydroxylation is 1. The highest BCUT2D eigenvalue weighted by Crippen LogP contribution is 2.18. The van der Waals surface area contributed by atoms with Crippen molar-refractivity contribution < 1.29 is 0 Å². The van der Waals surface area contributed by atoms with Crippen molar-refractivity contribution in [3.05, 3.63) is 34.7 Å². The van der Waals surface area contributed by atoms with Gasteiger partial charge in [0.1, 0.15) is 0 Å². The number of halogens is 1. The predicted octanol–water partition coefficient (Wildman–Crippen LogP) is 2.51. The van der Waals surface area contributed by atoms with Gasteiger partial charge in [0.2, 0.25) is 0 Å². The first kappa shape index (κ1) is 10.3. The molecule has 1 N–H and O–H groups in total. The van der Waals surface area contributed by atoms with E-state index < -0.39 is 0 Å². The molecule has 2 aromatic heterocycles. The molecule has 2 heterocycles. The van der Waals surface area contributed by atoms with Gasteiger partial charge >= 0.3 is 0 Å². The summed E-state index contributed by atoms with van der Waals surface area (Å²) in [5.41, 5.74) is 2.13. The fourth-order valence-electron chi connectivity index (χ4n) is 1.15. The Kier molecular flexibility index (Phi) is 3.13. The molecule has 0 aromatic carbocycles. The second-order valence-corrected chi connectivity index (χ2v) is 3.91. The molecule has 0 aliphatic carbocycles. The summed E-state index contributed by atoms with van der Waals surface area (Å²) in [6, 6.07) is 3.93. The molecule has 0 atom stereocenters. The highest BCUT2D eigenvalue weighted by molar-refractivity contribution is 6.99. The maximum atomic E-state index is 5.80. The van der Waals surface area contributed by atoms with Crippen molar-refractivity contribution in [2.45, 2.75) is 13.5 Å². The van der Waals surface area contributed by atoms with Crippen LogP contribution in [0.3, 0.4) is 0 Å². The van der Waals surface area contributed by atoms with E-state index in [9.17, 15) is 0 Å². The molecule has 0 radical (unpaired) electrons. The zero-order valence-electron chi connectivity index (χ0n) is 8.07. The van der Waals surface area contributed by atoms with Crippen LogP contribution in [0.15, 0.2) is 18.3 Å². The van der Waals surface area contributed by atoms with E-state index in [1.54, 1.807) is 6.20 Å². The number of hydrogen-bond acceptors (Lipinski definition) is 5. The van der Waals surface area contributed by atoms with Crippen LogP contribution >= 0.6 is 23.3 Å². The molecule has 0 bridgehead atoms. The summed E-state index contributed by atoms with van der Waals surface area (Å²) < 4.78 is 7.88. The Morgan fingerprint density at radius 1 is 1.47 bits per heavy atom. The van der Waals surface area contributed by atoms with Crippen LogP contribution in [0, 0.1) is 6.92 Å². The Hall–Kier alpha value is -1.20. The van der Waals surface area contributed by atoms with Crippen molar-refractivity contribution in [1.82, 2.24) is 13.7 Å². The van der Waals surface area contributed by atoms with Crippen molar-refractivity contribution in [3.63, 3.8) is 0 Å². The summed E-state index contributed by atoms with van der Waals surface area (Å²) in [5, 5.41) is 3.50. The number of rotatable bonds is 3. The third kappa shape index (κ3) is 2.43. The Bertz CT molecular complexity index is 457. The molecule has 2 aromatic rings. The number of nitrogens with zero attached hydrogens (tertiary/aromatic N) is 3. The predicted molar refractivity (Wildman–Crippen MR) is 61.2 cm³/mol. The molecule has 2 rings (SSSR count). The molecule has 0 aliphatic heterocycles. The van der Waals surface area contributed by atoms with E-state index in [0.29, 0.717) is 17.5 Å². The van der Waals surface area contributed by atoms with Crippen LogP contribution in [-0.2, 0) is 6.54 Å². The lowest BCUT2D eigenvalue weighted by atomic mass is 10.2. The van der Waals surface area contributed by atoms with Gasteiger partial charge in [0.15, 0.2) is 11.0 Å². The first-order valence-electron chi connectivity index (χ1n) is 4.40. The van der Waals surface area contributed by atoms with Crippen molar-refractivity contribution in [1.29, 1.82) is 0 Å². The smallest absolute Gasteiger partial charge is 0.186 e. The van der Waals surface area contributed by atoms with E-state index in [1.807, 2.05) is 19.1 Å². The average molecular weight is 241 g/mol. The molecule has 0 amide bonds. The van der Waals surface area contributed by atoms with E-state index in [-0.39, 0.29) is 0 Å². The maximum Gasteiger partial charge on any atom is 0.186 e. The van der Waals surface area contributed by atoms with Gasteiger partial charge in [-0.1, -0.05) is 17.7 Å². The molecular weight excluding hydrogens is 232 g/mol. The quantitative estimate of drug-likeness (QED) is 0.896. The standard InChI is InChI=1S/C9H9ClN4S/c1-6-3-2-4-11-7(6)5-12-9-8(10)13-15-14-9/h2-4H,5H2,1H3,(H,12,14). The molecule has 0 saturated heterocycles. The van der Waals surface area contributed by atoms with Gasteiger partial charge in [0.05, 0.1) is 24.0 Å². The molecule has 0 spiro atoms. The van der Waals surface area contributed by atoms with Crippen LogP contribution < -0.4 is 5.32 Å². The highest BCUT2D eigenvalue weighted by atomic mass is 35.5. The van der Waals surface area contributed by atoms with Gasteiger partial charge in [0.25, 0.3) is 0 Å². The zero-order valence-corrected chi connectivity index (χ0v) is 9.64. The summed E-state index contributed by atoms with van der Waals surface area (Å²) in [7, 11) is 0. The van der Waals surface area contributed by atoms with Gasteiger partial charge in [-0.25, -0.2) is 0 Å². The number of pyridine rings is 1. The van der Waals surface area contributed by atoms with Crippen LogP contribution in [0.2, 0.25) is 5.15 Å². The lowest BCUT2D eigenvalue weighted by Crippen LogP contribution is -2.03. The van der Waals surface area contributed by atoms with Crippen molar-refractivity contribution >= 4 is 29.1 Å². The minimum absolute atomic E-state index is 0.411. The largest absolute Gasteiger partial charge is 0.361 e. The molecule has 0 saturated carbocycles. The van der Waals surface area contributed by atoms with Gasteiger partial charge < -0.3 is 5.32 Å². The molecular formula is C9H9ClN4S. The van der Waals surface area contributed by atoms with Gasteiger partial charge in [-0.3, -0.25) is 4.98 Å². The van der Waals surface area contributed by atoms with Crippen LogP contribution in [0.1, 0.15) is 11.3 Å². The van der Waals surface area contributed by atoms with E-state index in [0.717, 1.165) is 23.0 Å². The lowest BCUT2D eigenvalue weighted by molar-refractivity contribution is 1.01. The van der Waals surface area contributed by atoms with Crippen LogP contribution in [0.25, 0.3) is 0 Å². The summed E-state index contributed by atoms with van der Waals surface area (Å²) in [6.07, 6.45) is 1.77. The fourth-order valence-corrected chi connectivity index (χ4v) is 1.84. The van der Waals surface area contributed by atoms with Crippen molar-refractivity contribution in [2.75, 3.05) is 5.32 Å². The summed E-state index contributed by atoms with van der Waals surface area (Å²) in [5.74, 6) is 0.617. The summed E-state index contributed by atoms with van der Waals surface area (Å²) in [4.78, 5) is 4.26. The van der Waals surface area contributed by atoms with E-state index in [2.05, 4.69) is 19.0 Å². The number of nitrogens with one attached hydrogen (secondary N) is 1. The molecule has 0 fully saturated rings. The summed E-state index contributed by atoms with van der Waals surface area (Å²) in [6.45, 7) is 2.63. The molecule has 0 unspecified atom stereocenters. The third-order valence-corrected chi connectivity index (χ3v) is 2.88. The second kappa shape index (κ2) is 4.55. The SMILES string of the molecule is Cc1cccnc1CNc1nsnc1Cl. The number of hydrogen-bond donors (Lipinski definition) is 1. The Morgan fingerprint density at radius 3 is 3.00 bits per heavy atom. The molecule has 78 valence electrons. The first-order chi connectivity index (χ1) is 7.27. The number of aromatic nitrogens is 3. The van der Waals surface area contributed by atoms with Crippen molar-refractivity contribution in [2.24, 2.45) is 0 Å². The Labute approximate surface area is 96.7 Å². The number of anilines is 1. The highest BCUT2D eigenvalue weighted by Gasteiger charge is 2.05. The third-order valence-electron chi connectivity index (χ3n) is 1.99. The monoisotopic (exact) mass is 240 g/mol. The normalized spacial score (nSPS) is 10.3. The summed E-state index contributed by atoms with van der Waals surface area (Å²) >= 11 is 6.89. The fraction of sp³-hybridized carbons (Fsp3) is 0.222. The molecule has 0 aliphatic rings. The van der Waals surface area contributed by atoms with E-state index in [1.165, 1.54) is 0 Å². The van der Waals surface area contributed by atoms with Crippen LogP contribution in [0.4, 0.5) is 5.82 Å². The lowest BCUT2D eigenvalue weighted by Gasteiger charge is -2.04. The van der Waals surface area contributed by atoms with E-state index >= 15 is 0 Å². The molecule has 15 heavy (non-hydrogen) atoms. The van der Waals surface area contributed by atoms with Gasteiger partial charge in [-0.2, -0.15) is 8.75 Å². The molecule has 4 nitrogen and oxygen atoms in total. The van der Waals surface area contributed by atoms with Gasteiger partial charge in [-0.15, -0.1) is 0 Å². The molecule has 6 heteroatoms. The average Bonchev–Trinajstić information content (AvgIpc) is 2.63. The maximum absolute atomic E-state index is 5.80. The Morgan fingerprint density at radius 2 is 2.33 bits per heavy atom. The van der Waals surface area contributed by atoms with Gasteiger partial charge in [0, 0.05) is 6.20 Å². The van der Waals surface area contributed by atoms with Crippen LogP contribution in [0.5, 0.6) is 0 Å². The zero-order chi connectivity index (χ0) is 10.7. The van der Waals surface area contributed by atoms with Crippen molar-refractivity contribution in [3.8, 4) is 0 Å². The second-order valence-electron chi connectivity index (χ2n) is 3.02. The minimum Gasteiger partial charge on any atom is -0.361 e. The topological polar surface area (TPSA) is 50.7 Å². The van der Waals surface area contributed by atoms with Crippen LogP contribution in [-0.4, -0.2) is 13.7 Å². The first-order valence-corrected chi connectivity index (χ1v) is 5.50. The minimum atomic E-state index is 0.411.